The lowest BCUT2D eigenvalue weighted by molar-refractivity contribution is -0.119. The maximum absolute atomic E-state index is 12.0. The number of hydrogen-bond acceptors (Lipinski definition) is 4. The molecule has 1 amide bonds. The van der Waals surface area contributed by atoms with Crippen LogP contribution in [-0.4, -0.2) is 25.6 Å². The zero-order chi connectivity index (χ0) is 18.1. The van der Waals surface area contributed by atoms with Crippen LogP contribution >= 0.6 is 0 Å². The van der Waals surface area contributed by atoms with E-state index in [0.29, 0.717) is 11.4 Å². The predicted molar refractivity (Wildman–Crippen MR) is 97.0 cm³/mol. The molecule has 25 heavy (non-hydrogen) atoms. The molecular weight excluding hydrogens is 318 g/mol. The van der Waals surface area contributed by atoms with Gasteiger partial charge in [0, 0.05) is 5.69 Å². The molecule has 0 aliphatic heterocycles. The molecule has 1 N–H and O–H groups in total. The number of methoxy groups -OCH3 is 1. The lowest BCUT2D eigenvalue weighted by atomic mass is 10.1. The Bertz CT molecular complexity index is 710. The summed E-state index contributed by atoms with van der Waals surface area (Å²) >= 11 is 0. The molecular formula is C20H23NO4. The SMILES string of the molecule is CCCCc1ccc(NC(=O)COC(=O)c2ccccc2OC)cc1. The third-order valence-electron chi connectivity index (χ3n) is 3.72. The van der Waals surface area contributed by atoms with E-state index in [1.54, 1.807) is 24.3 Å². The second kappa shape index (κ2) is 9.47. The van der Waals surface area contributed by atoms with Gasteiger partial charge in [-0.2, -0.15) is 0 Å². The number of carbonyl (C=O) groups excluding carboxylic acids is 2. The molecule has 5 heteroatoms. The van der Waals surface area contributed by atoms with E-state index < -0.39 is 5.97 Å². The van der Waals surface area contributed by atoms with Crippen molar-refractivity contribution in [2.24, 2.45) is 0 Å². The first-order chi connectivity index (χ1) is 12.1. The molecule has 2 aromatic rings. The fourth-order valence-electron chi connectivity index (χ4n) is 2.35. The predicted octanol–water partition coefficient (Wildman–Crippen LogP) is 3.83. The molecule has 2 rings (SSSR count). The average molecular weight is 341 g/mol. The van der Waals surface area contributed by atoms with E-state index in [4.69, 9.17) is 9.47 Å². The number of carbonyl (C=O) groups is 2. The van der Waals surface area contributed by atoms with Crippen molar-refractivity contribution in [2.45, 2.75) is 26.2 Å². The van der Waals surface area contributed by atoms with Crippen LogP contribution in [0.3, 0.4) is 0 Å². The molecule has 0 aliphatic carbocycles. The first-order valence-electron chi connectivity index (χ1n) is 8.33. The second-order valence-electron chi connectivity index (χ2n) is 5.63. The quantitative estimate of drug-likeness (QED) is 0.741. The normalized spacial score (nSPS) is 10.2. The molecule has 0 fully saturated rings. The standard InChI is InChI=1S/C20H23NO4/c1-3-4-7-15-10-12-16(13-11-15)21-19(22)14-25-20(23)17-8-5-6-9-18(17)24-2/h5-6,8-13H,3-4,7,14H2,1-2H3,(H,21,22). The molecule has 2 aromatic carbocycles. The number of benzene rings is 2. The van der Waals surface area contributed by atoms with Gasteiger partial charge in [0.1, 0.15) is 11.3 Å². The molecule has 0 saturated carbocycles. The van der Waals surface area contributed by atoms with Crippen molar-refractivity contribution in [3.63, 3.8) is 0 Å². The molecule has 0 bridgehead atoms. The maximum Gasteiger partial charge on any atom is 0.342 e. The highest BCUT2D eigenvalue weighted by atomic mass is 16.5. The average Bonchev–Trinajstić information content (AvgIpc) is 2.65. The number of anilines is 1. The van der Waals surface area contributed by atoms with Crippen molar-refractivity contribution in [3.8, 4) is 5.75 Å². The van der Waals surface area contributed by atoms with Crippen molar-refractivity contribution in [1.82, 2.24) is 0 Å². The van der Waals surface area contributed by atoms with E-state index in [2.05, 4.69) is 12.2 Å². The van der Waals surface area contributed by atoms with Crippen molar-refractivity contribution in [3.05, 3.63) is 59.7 Å². The van der Waals surface area contributed by atoms with Gasteiger partial charge in [-0.25, -0.2) is 4.79 Å². The highest BCUT2D eigenvalue weighted by molar-refractivity contribution is 5.96. The molecule has 0 heterocycles. The summed E-state index contributed by atoms with van der Waals surface area (Å²) in [5.41, 5.74) is 2.21. The van der Waals surface area contributed by atoms with Crippen LogP contribution < -0.4 is 10.1 Å². The summed E-state index contributed by atoms with van der Waals surface area (Å²) in [6, 6.07) is 14.4. The molecule has 0 spiro atoms. The Balaban J connectivity index is 1.85. The molecule has 132 valence electrons. The van der Waals surface area contributed by atoms with Crippen LogP contribution in [0.5, 0.6) is 5.75 Å². The lowest BCUT2D eigenvalue weighted by Gasteiger charge is -2.09. The van der Waals surface area contributed by atoms with Gasteiger partial charge in [-0.1, -0.05) is 37.6 Å². The highest BCUT2D eigenvalue weighted by Gasteiger charge is 2.14. The van der Waals surface area contributed by atoms with Crippen LogP contribution in [0.2, 0.25) is 0 Å². The first-order valence-corrected chi connectivity index (χ1v) is 8.33. The Morgan fingerprint density at radius 3 is 2.44 bits per heavy atom. The van der Waals surface area contributed by atoms with E-state index in [-0.39, 0.29) is 18.1 Å². The van der Waals surface area contributed by atoms with E-state index in [9.17, 15) is 9.59 Å². The minimum absolute atomic E-state index is 0.290. The van der Waals surface area contributed by atoms with Crippen LogP contribution in [0.1, 0.15) is 35.7 Å². The Kier molecular flexibility index (Phi) is 7.01. The summed E-state index contributed by atoms with van der Waals surface area (Å²) in [4.78, 5) is 24.0. The summed E-state index contributed by atoms with van der Waals surface area (Å²) in [5.74, 6) is -0.567. The van der Waals surface area contributed by atoms with E-state index >= 15 is 0 Å². The van der Waals surface area contributed by atoms with Gasteiger partial charge in [0.15, 0.2) is 6.61 Å². The smallest absolute Gasteiger partial charge is 0.342 e. The number of nitrogens with one attached hydrogen (secondary N) is 1. The number of aryl methyl sites for hydroxylation is 1. The van der Waals surface area contributed by atoms with Gasteiger partial charge in [0.25, 0.3) is 5.91 Å². The van der Waals surface area contributed by atoms with Crippen LogP contribution in [0.15, 0.2) is 48.5 Å². The Morgan fingerprint density at radius 1 is 1.04 bits per heavy atom. The highest BCUT2D eigenvalue weighted by Crippen LogP contribution is 2.18. The molecule has 0 atom stereocenters. The van der Waals surface area contributed by atoms with Gasteiger partial charge < -0.3 is 14.8 Å². The number of unbranched alkanes of at least 4 members (excludes halogenated alkanes) is 1. The Labute approximate surface area is 148 Å². The monoisotopic (exact) mass is 341 g/mol. The third kappa shape index (κ3) is 5.64. The molecule has 0 aliphatic rings. The van der Waals surface area contributed by atoms with E-state index in [0.717, 1.165) is 19.3 Å². The first kappa shape index (κ1) is 18.5. The number of esters is 1. The van der Waals surface area contributed by atoms with Crippen molar-refractivity contribution in [1.29, 1.82) is 0 Å². The van der Waals surface area contributed by atoms with Gasteiger partial charge in [0.05, 0.1) is 7.11 Å². The summed E-state index contributed by atoms with van der Waals surface area (Å²) in [7, 11) is 1.48. The Hall–Kier alpha value is -2.82. The van der Waals surface area contributed by atoms with Crippen LogP contribution in [0.4, 0.5) is 5.69 Å². The second-order valence-corrected chi connectivity index (χ2v) is 5.63. The largest absolute Gasteiger partial charge is 0.496 e. The van der Waals surface area contributed by atoms with Gasteiger partial charge in [-0.15, -0.1) is 0 Å². The molecule has 5 nitrogen and oxygen atoms in total. The molecule has 0 saturated heterocycles. The maximum atomic E-state index is 12.0. The molecule has 0 radical (unpaired) electrons. The number of para-hydroxylation sites is 1. The zero-order valence-corrected chi connectivity index (χ0v) is 14.6. The van der Waals surface area contributed by atoms with E-state index in [1.807, 2.05) is 24.3 Å². The van der Waals surface area contributed by atoms with E-state index in [1.165, 1.54) is 12.7 Å². The Morgan fingerprint density at radius 2 is 1.76 bits per heavy atom. The number of rotatable bonds is 8. The van der Waals surface area contributed by atoms with Crippen LogP contribution in [-0.2, 0) is 16.0 Å². The number of ether oxygens (including phenoxy) is 2. The van der Waals surface area contributed by atoms with Gasteiger partial charge in [-0.05, 0) is 42.7 Å². The summed E-state index contributed by atoms with van der Waals surface area (Å²) in [6.45, 7) is 1.80. The molecule has 0 aromatic heterocycles. The lowest BCUT2D eigenvalue weighted by Crippen LogP contribution is -2.21. The summed E-state index contributed by atoms with van der Waals surface area (Å²) < 4.78 is 10.2. The van der Waals surface area contributed by atoms with Crippen molar-refractivity contribution >= 4 is 17.6 Å². The van der Waals surface area contributed by atoms with Crippen molar-refractivity contribution in [2.75, 3.05) is 19.0 Å². The van der Waals surface area contributed by atoms with Gasteiger partial charge in [0.2, 0.25) is 0 Å². The van der Waals surface area contributed by atoms with Gasteiger partial charge in [-0.3, -0.25) is 4.79 Å². The third-order valence-corrected chi connectivity index (χ3v) is 3.72. The number of hydrogen-bond donors (Lipinski definition) is 1. The minimum Gasteiger partial charge on any atom is -0.496 e. The van der Waals surface area contributed by atoms with Gasteiger partial charge >= 0.3 is 5.97 Å². The van der Waals surface area contributed by atoms with Crippen LogP contribution in [0, 0.1) is 0 Å². The summed E-state index contributed by atoms with van der Waals surface area (Å²) in [5, 5.41) is 2.71. The zero-order valence-electron chi connectivity index (χ0n) is 14.6. The summed E-state index contributed by atoms with van der Waals surface area (Å²) in [6.07, 6.45) is 3.32. The fraction of sp³-hybridized carbons (Fsp3) is 0.300. The number of amides is 1. The minimum atomic E-state index is -0.595. The molecule has 0 unspecified atom stereocenters. The topological polar surface area (TPSA) is 64.6 Å². The van der Waals surface area contributed by atoms with Crippen molar-refractivity contribution < 1.29 is 19.1 Å². The fourth-order valence-corrected chi connectivity index (χ4v) is 2.35. The van der Waals surface area contributed by atoms with Crippen LogP contribution in [0.25, 0.3) is 0 Å².